The van der Waals surface area contributed by atoms with Crippen LogP contribution in [0.4, 0.5) is 0 Å². The van der Waals surface area contributed by atoms with Gasteiger partial charge in [-0.15, -0.1) is 0 Å². The van der Waals surface area contributed by atoms with Gasteiger partial charge in [-0.1, -0.05) is 0 Å². The smallest absolute Gasteiger partial charge is 0.0569 e. The number of likely N-dealkylation sites (tertiary alicyclic amines) is 1. The van der Waals surface area contributed by atoms with Gasteiger partial charge in [0.2, 0.25) is 0 Å². The molecule has 2 saturated heterocycles. The van der Waals surface area contributed by atoms with Crippen LogP contribution in [0.3, 0.4) is 0 Å². The van der Waals surface area contributed by atoms with E-state index in [1.807, 2.05) is 0 Å². The molecule has 82 valence electrons. The zero-order chi connectivity index (χ0) is 10.0. The van der Waals surface area contributed by atoms with Gasteiger partial charge in [-0.2, -0.15) is 0 Å². The van der Waals surface area contributed by atoms with Gasteiger partial charge in [-0.05, 0) is 58.8 Å². The Kier molecular flexibility index (Phi) is 3.10. The highest BCUT2D eigenvalue weighted by atomic mass is 16.3. The number of aliphatic hydroxyl groups excluding tert-OH is 1. The Morgan fingerprint density at radius 2 is 2.21 bits per heavy atom. The molecule has 2 N–H and O–H groups in total. The maximum Gasteiger partial charge on any atom is 0.0569 e. The van der Waals surface area contributed by atoms with E-state index in [1.165, 1.54) is 32.4 Å². The molecular formula is C11H22N2O. The van der Waals surface area contributed by atoms with Gasteiger partial charge in [0.15, 0.2) is 0 Å². The lowest BCUT2D eigenvalue weighted by atomic mass is 9.81. The van der Waals surface area contributed by atoms with Gasteiger partial charge in [0.25, 0.3) is 0 Å². The Labute approximate surface area is 86.5 Å². The Morgan fingerprint density at radius 1 is 1.36 bits per heavy atom. The van der Waals surface area contributed by atoms with Gasteiger partial charge in [0, 0.05) is 5.54 Å². The SMILES string of the molecule is CN1CCCC2(CC1)CC(O)CCN2. The molecule has 2 aliphatic rings. The summed E-state index contributed by atoms with van der Waals surface area (Å²) in [6.45, 7) is 3.37. The first-order valence-electron chi connectivity index (χ1n) is 5.82. The summed E-state index contributed by atoms with van der Waals surface area (Å²) in [5.41, 5.74) is 0.252. The second kappa shape index (κ2) is 4.17. The van der Waals surface area contributed by atoms with Crippen LogP contribution in [0.15, 0.2) is 0 Å². The number of nitrogens with zero attached hydrogens (tertiary/aromatic N) is 1. The summed E-state index contributed by atoms with van der Waals surface area (Å²) in [7, 11) is 2.19. The quantitative estimate of drug-likeness (QED) is 0.598. The molecule has 3 nitrogen and oxygen atoms in total. The fraction of sp³-hybridized carbons (Fsp3) is 1.00. The van der Waals surface area contributed by atoms with Crippen molar-refractivity contribution in [3.05, 3.63) is 0 Å². The predicted molar refractivity (Wildman–Crippen MR) is 57.3 cm³/mol. The van der Waals surface area contributed by atoms with E-state index in [0.717, 1.165) is 19.4 Å². The number of hydrogen-bond donors (Lipinski definition) is 2. The van der Waals surface area contributed by atoms with Crippen LogP contribution >= 0.6 is 0 Å². The number of aliphatic hydroxyl groups is 1. The highest BCUT2D eigenvalue weighted by molar-refractivity contribution is 4.95. The largest absolute Gasteiger partial charge is 0.393 e. The molecule has 2 rings (SSSR count). The van der Waals surface area contributed by atoms with Crippen LogP contribution < -0.4 is 5.32 Å². The zero-order valence-corrected chi connectivity index (χ0v) is 9.13. The van der Waals surface area contributed by atoms with Crippen molar-refractivity contribution in [3.63, 3.8) is 0 Å². The second-order valence-corrected chi connectivity index (χ2v) is 5.01. The van der Waals surface area contributed by atoms with Gasteiger partial charge in [0.1, 0.15) is 0 Å². The summed E-state index contributed by atoms with van der Waals surface area (Å²) < 4.78 is 0. The molecule has 0 aromatic heterocycles. The van der Waals surface area contributed by atoms with Crippen LogP contribution in [0.5, 0.6) is 0 Å². The minimum Gasteiger partial charge on any atom is -0.393 e. The summed E-state index contributed by atoms with van der Waals surface area (Å²) in [6.07, 6.45) is 5.50. The maximum absolute atomic E-state index is 9.73. The lowest BCUT2D eigenvalue weighted by Gasteiger charge is -2.40. The third kappa shape index (κ3) is 2.27. The molecule has 0 aromatic carbocycles. The van der Waals surface area contributed by atoms with E-state index < -0.39 is 0 Å². The van der Waals surface area contributed by atoms with Crippen molar-refractivity contribution in [3.8, 4) is 0 Å². The molecule has 0 bridgehead atoms. The van der Waals surface area contributed by atoms with Crippen molar-refractivity contribution in [1.82, 2.24) is 10.2 Å². The Balaban J connectivity index is 1.99. The first-order chi connectivity index (χ1) is 6.70. The molecule has 0 aromatic rings. The van der Waals surface area contributed by atoms with E-state index in [4.69, 9.17) is 0 Å². The average molecular weight is 198 g/mol. The fourth-order valence-electron chi connectivity index (χ4n) is 2.84. The number of nitrogens with one attached hydrogen (secondary N) is 1. The Bertz CT molecular complexity index is 198. The molecule has 2 fully saturated rings. The minimum absolute atomic E-state index is 0.0698. The predicted octanol–water partition coefficient (Wildman–Crippen LogP) is 0.585. The van der Waals surface area contributed by atoms with Gasteiger partial charge < -0.3 is 15.3 Å². The molecular weight excluding hydrogens is 176 g/mol. The van der Waals surface area contributed by atoms with Crippen LogP contribution in [0.25, 0.3) is 0 Å². The van der Waals surface area contributed by atoms with Crippen molar-refractivity contribution in [1.29, 1.82) is 0 Å². The highest BCUT2D eigenvalue weighted by Crippen LogP contribution is 2.30. The molecule has 0 saturated carbocycles. The third-order valence-corrected chi connectivity index (χ3v) is 3.77. The lowest BCUT2D eigenvalue weighted by molar-refractivity contribution is 0.0699. The van der Waals surface area contributed by atoms with Gasteiger partial charge in [-0.25, -0.2) is 0 Å². The van der Waals surface area contributed by atoms with Crippen molar-refractivity contribution < 1.29 is 5.11 Å². The van der Waals surface area contributed by atoms with Gasteiger partial charge >= 0.3 is 0 Å². The van der Waals surface area contributed by atoms with E-state index in [1.54, 1.807) is 0 Å². The van der Waals surface area contributed by atoms with Crippen molar-refractivity contribution >= 4 is 0 Å². The fourth-order valence-corrected chi connectivity index (χ4v) is 2.84. The Morgan fingerprint density at radius 3 is 3.00 bits per heavy atom. The topological polar surface area (TPSA) is 35.5 Å². The summed E-state index contributed by atoms with van der Waals surface area (Å²) in [4.78, 5) is 2.40. The standard InChI is InChI=1S/C11H22N2O/c1-13-7-2-4-11(5-8-13)9-10(14)3-6-12-11/h10,12,14H,2-9H2,1H3. The van der Waals surface area contributed by atoms with Crippen LogP contribution in [0.1, 0.15) is 32.1 Å². The van der Waals surface area contributed by atoms with Crippen molar-refractivity contribution in [2.75, 3.05) is 26.7 Å². The second-order valence-electron chi connectivity index (χ2n) is 5.01. The zero-order valence-electron chi connectivity index (χ0n) is 9.13. The molecule has 2 unspecified atom stereocenters. The highest BCUT2D eigenvalue weighted by Gasteiger charge is 2.36. The third-order valence-electron chi connectivity index (χ3n) is 3.77. The monoisotopic (exact) mass is 198 g/mol. The lowest BCUT2D eigenvalue weighted by Crippen LogP contribution is -2.52. The van der Waals surface area contributed by atoms with E-state index in [0.29, 0.717) is 0 Å². The molecule has 14 heavy (non-hydrogen) atoms. The van der Waals surface area contributed by atoms with E-state index >= 15 is 0 Å². The number of piperidine rings is 1. The van der Waals surface area contributed by atoms with Gasteiger partial charge in [-0.3, -0.25) is 0 Å². The van der Waals surface area contributed by atoms with Crippen LogP contribution in [-0.2, 0) is 0 Å². The maximum atomic E-state index is 9.73. The first kappa shape index (κ1) is 10.4. The molecule has 2 aliphatic heterocycles. The minimum atomic E-state index is -0.0698. The van der Waals surface area contributed by atoms with Crippen LogP contribution in [0.2, 0.25) is 0 Å². The number of hydrogen-bond acceptors (Lipinski definition) is 3. The molecule has 2 heterocycles. The molecule has 3 heteroatoms. The van der Waals surface area contributed by atoms with E-state index in [9.17, 15) is 5.11 Å². The van der Waals surface area contributed by atoms with Crippen LogP contribution in [0, 0.1) is 0 Å². The average Bonchev–Trinajstić information content (AvgIpc) is 2.30. The summed E-state index contributed by atoms with van der Waals surface area (Å²) in [6, 6.07) is 0. The molecule has 0 aliphatic carbocycles. The van der Waals surface area contributed by atoms with Crippen molar-refractivity contribution in [2.45, 2.75) is 43.7 Å². The number of rotatable bonds is 0. The molecule has 1 spiro atoms. The van der Waals surface area contributed by atoms with Gasteiger partial charge in [0.05, 0.1) is 6.10 Å². The summed E-state index contributed by atoms with van der Waals surface area (Å²) in [5.74, 6) is 0. The van der Waals surface area contributed by atoms with E-state index in [-0.39, 0.29) is 11.6 Å². The van der Waals surface area contributed by atoms with Crippen molar-refractivity contribution in [2.24, 2.45) is 0 Å². The summed E-state index contributed by atoms with van der Waals surface area (Å²) in [5, 5.41) is 13.4. The van der Waals surface area contributed by atoms with E-state index in [2.05, 4.69) is 17.3 Å². The van der Waals surface area contributed by atoms with Crippen LogP contribution in [-0.4, -0.2) is 48.3 Å². The molecule has 0 radical (unpaired) electrons. The Hall–Kier alpha value is -0.120. The molecule has 2 atom stereocenters. The normalized spacial score (nSPS) is 41.1. The molecule has 0 amide bonds. The summed E-state index contributed by atoms with van der Waals surface area (Å²) >= 11 is 0. The first-order valence-corrected chi connectivity index (χ1v) is 5.82.